The van der Waals surface area contributed by atoms with Crippen molar-refractivity contribution in [3.8, 4) is 6.07 Å². The van der Waals surface area contributed by atoms with Crippen LogP contribution in [0.4, 0.5) is 11.4 Å². The Hall–Kier alpha value is -2.18. The zero-order valence-corrected chi connectivity index (χ0v) is 10.4. The van der Waals surface area contributed by atoms with Gasteiger partial charge in [-0.3, -0.25) is 0 Å². The van der Waals surface area contributed by atoms with Crippen molar-refractivity contribution in [3.05, 3.63) is 58.6 Å². The normalized spacial score (nSPS) is 9.78. The predicted molar refractivity (Wildman–Crippen MR) is 74.3 cm³/mol. The van der Waals surface area contributed by atoms with Gasteiger partial charge in [-0.15, -0.1) is 0 Å². The molecule has 2 rings (SSSR count). The molecule has 0 fully saturated rings. The highest BCUT2D eigenvalue weighted by atomic mass is 35.5. The molecule has 0 aliphatic rings. The fourth-order valence-corrected chi connectivity index (χ4v) is 1.87. The Balaban J connectivity index is 2.14. The van der Waals surface area contributed by atoms with Gasteiger partial charge in [0.25, 0.3) is 0 Å². The van der Waals surface area contributed by atoms with Crippen molar-refractivity contribution in [2.45, 2.75) is 6.54 Å². The number of hydrogen-bond acceptors (Lipinski definition) is 3. The molecule has 0 aliphatic heterocycles. The molecule has 0 aliphatic carbocycles. The maximum Gasteiger partial charge on any atom is 0.101 e. The fourth-order valence-electron chi connectivity index (χ4n) is 1.66. The van der Waals surface area contributed by atoms with Crippen LogP contribution < -0.4 is 11.1 Å². The molecule has 0 heterocycles. The lowest BCUT2D eigenvalue weighted by molar-refractivity contribution is 1.15. The monoisotopic (exact) mass is 257 g/mol. The summed E-state index contributed by atoms with van der Waals surface area (Å²) in [6.45, 7) is 0.611. The van der Waals surface area contributed by atoms with Crippen molar-refractivity contribution in [2.75, 3.05) is 11.1 Å². The van der Waals surface area contributed by atoms with E-state index in [1.807, 2.05) is 30.3 Å². The van der Waals surface area contributed by atoms with Gasteiger partial charge in [0.15, 0.2) is 0 Å². The molecule has 0 unspecified atom stereocenters. The molecule has 0 amide bonds. The highest BCUT2D eigenvalue weighted by molar-refractivity contribution is 6.30. The molecule has 0 bridgehead atoms. The number of rotatable bonds is 3. The summed E-state index contributed by atoms with van der Waals surface area (Å²) in [7, 11) is 0. The third-order valence-electron chi connectivity index (χ3n) is 2.60. The van der Waals surface area contributed by atoms with E-state index in [9.17, 15) is 0 Å². The molecule has 0 saturated heterocycles. The Kier molecular flexibility index (Phi) is 3.71. The van der Waals surface area contributed by atoms with Gasteiger partial charge in [0.1, 0.15) is 6.07 Å². The molecule has 2 aromatic carbocycles. The minimum atomic E-state index is 0.474. The van der Waals surface area contributed by atoms with E-state index in [-0.39, 0.29) is 0 Å². The summed E-state index contributed by atoms with van der Waals surface area (Å²) in [5.74, 6) is 0. The van der Waals surface area contributed by atoms with Crippen molar-refractivity contribution in [1.29, 1.82) is 5.26 Å². The Morgan fingerprint density at radius 2 is 2.00 bits per heavy atom. The molecule has 4 heteroatoms. The summed E-state index contributed by atoms with van der Waals surface area (Å²) < 4.78 is 0. The predicted octanol–water partition coefficient (Wildman–Crippen LogP) is 3.41. The van der Waals surface area contributed by atoms with E-state index in [0.717, 1.165) is 11.3 Å². The first-order valence-corrected chi connectivity index (χ1v) is 5.85. The lowest BCUT2D eigenvalue weighted by atomic mass is 10.1. The zero-order chi connectivity index (χ0) is 13.0. The van der Waals surface area contributed by atoms with Crippen molar-refractivity contribution in [3.63, 3.8) is 0 Å². The van der Waals surface area contributed by atoms with Crippen LogP contribution >= 0.6 is 11.6 Å². The summed E-state index contributed by atoms with van der Waals surface area (Å²) in [4.78, 5) is 0. The van der Waals surface area contributed by atoms with Gasteiger partial charge in [0, 0.05) is 11.6 Å². The van der Waals surface area contributed by atoms with Gasteiger partial charge in [-0.25, -0.2) is 0 Å². The molecule has 90 valence electrons. The number of nitriles is 1. The van der Waals surface area contributed by atoms with Gasteiger partial charge in [-0.05, 0) is 29.8 Å². The van der Waals surface area contributed by atoms with E-state index >= 15 is 0 Å². The summed E-state index contributed by atoms with van der Waals surface area (Å²) in [6, 6.07) is 15.0. The maximum atomic E-state index is 8.89. The topological polar surface area (TPSA) is 61.8 Å². The average molecular weight is 258 g/mol. The average Bonchev–Trinajstić information content (AvgIpc) is 2.38. The lowest BCUT2D eigenvalue weighted by Gasteiger charge is -2.10. The van der Waals surface area contributed by atoms with Crippen molar-refractivity contribution in [2.24, 2.45) is 0 Å². The fraction of sp³-hybridized carbons (Fsp3) is 0.0714. The van der Waals surface area contributed by atoms with Crippen LogP contribution in [0.3, 0.4) is 0 Å². The van der Waals surface area contributed by atoms with Crippen LogP contribution in [0.5, 0.6) is 0 Å². The Morgan fingerprint density at radius 1 is 1.22 bits per heavy atom. The van der Waals surface area contributed by atoms with E-state index in [1.54, 1.807) is 12.1 Å². The third-order valence-corrected chi connectivity index (χ3v) is 2.83. The van der Waals surface area contributed by atoms with Crippen LogP contribution in [0.15, 0.2) is 42.5 Å². The van der Waals surface area contributed by atoms with E-state index in [0.29, 0.717) is 22.8 Å². The molecule has 0 saturated carbocycles. The number of anilines is 2. The highest BCUT2D eigenvalue weighted by Crippen LogP contribution is 2.22. The molecule has 0 spiro atoms. The second kappa shape index (κ2) is 5.44. The van der Waals surface area contributed by atoms with E-state index in [1.165, 1.54) is 0 Å². The third kappa shape index (κ3) is 2.73. The van der Waals surface area contributed by atoms with Crippen molar-refractivity contribution in [1.82, 2.24) is 0 Å². The minimum absolute atomic E-state index is 0.474. The number of nitrogens with zero attached hydrogens (tertiary/aromatic N) is 1. The molecule has 3 nitrogen and oxygen atoms in total. The number of hydrogen-bond donors (Lipinski definition) is 2. The Labute approximate surface area is 111 Å². The van der Waals surface area contributed by atoms with E-state index in [2.05, 4.69) is 11.4 Å². The highest BCUT2D eigenvalue weighted by Gasteiger charge is 2.03. The van der Waals surface area contributed by atoms with Crippen LogP contribution in [0.1, 0.15) is 11.1 Å². The zero-order valence-electron chi connectivity index (χ0n) is 9.65. The first kappa shape index (κ1) is 12.3. The van der Waals surface area contributed by atoms with Gasteiger partial charge in [0.2, 0.25) is 0 Å². The SMILES string of the molecule is N#Cc1cccc(NCc2cccc(Cl)c2)c1N. The molecule has 18 heavy (non-hydrogen) atoms. The smallest absolute Gasteiger partial charge is 0.101 e. The second-order valence-corrected chi connectivity index (χ2v) is 4.30. The number of nitrogens with one attached hydrogen (secondary N) is 1. The van der Waals surface area contributed by atoms with Crippen molar-refractivity contribution < 1.29 is 0 Å². The molecule has 2 aromatic rings. The second-order valence-electron chi connectivity index (χ2n) is 3.86. The van der Waals surface area contributed by atoms with E-state index in [4.69, 9.17) is 22.6 Å². The molecule has 0 radical (unpaired) electrons. The first-order chi connectivity index (χ1) is 8.70. The minimum Gasteiger partial charge on any atom is -0.396 e. The standard InChI is InChI=1S/C14H12ClN3/c15-12-5-1-3-10(7-12)9-18-13-6-2-4-11(8-16)14(13)17/h1-7,18H,9,17H2. The van der Waals surface area contributed by atoms with Gasteiger partial charge >= 0.3 is 0 Å². The number of halogens is 1. The Bertz CT molecular complexity index is 602. The van der Waals surface area contributed by atoms with Crippen LogP contribution in [0.25, 0.3) is 0 Å². The summed E-state index contributed by atoms with van der Waals surface area (Å²) >= 11 is 5.91. The summed E-state index contributed by atoms with van der Waals surface area (Å²) in [6.07, 6.45) is 0. The quantitative estimate of drug-likeness (QED) is 0.829. The summed E-state index contributed by atoms with van der Waals surface area (Å²) in [5.41, 5.74) is 8.65. The van der Waals surface area contributed by atoms with Crippen LogP contribution in [-0.2, 0) is 6.54 Å². The summed E-state index contributed by atoms with van der Waals surface area (Å²) in [5, 5.41) is 12.8. The van der Waals surface area contributed by atoms with Gasteiger partial charge in [-0.1, -0.05) is 29.8 Å². The van der Waals surface area contributed by atoms with Crippen LogP contribution in [0, 0.1) is 11.3 Å². The largest absolute Gasteiger partial charge is 0.396 e. The number of nitrogens with two attached hydrogens (primary N) is 1. The van der Waals surface area contributed by atoms with Crippen LogP contribution in [-0.4, -0.2) is 0 Å². The van der Waals surface area contributed by atoms with Gasteiger partial charge < -0.3 is 11.1 Å². The molecule has 3 N–H and O–H groups in total. The van der Waals surface area contributed by atoms with Gasteiger partial charge in [0.05, 0.1) is 16.9 Å². The van der Waals surface area contributed by atoms with E-state index < -0.39 is 0 Å². The lowest BCUT2D eigenvalue weighted by Crippen LogP contribution is -2.03. The number of nitrogen functional groups attached to an aromatic ring is 1. The number of benzene rings is 2. The molecular formula is C14H12ClN3. The van der Waals surface area contributed by atoms with Crippen LogP contribution in [0.2, 0.25) is 5.02 Å². The number of para-hydroxylation sites is 1. The van der Waals surface area contributed by atoms with Crippen molar-refractivity contribution >= 4 is 23.0 Å². The molecule has 0 atom stereocenters. The molecule has 0 aromatic heterocycles. The Morgan fingerprint density at radius 3 is 2.72 bits per heavy atom. The first-order valence-electron chi connectivity index (χ1n) is 5.47. The van der Waals surface area contributed by atoms with Gasteiger partial charge in [-0.2, -0.15) is 5.26 Å². The maximum absolute atomic E-state index is 8.89. The molecular weight excluding hydrogens is 246 g/mol.